The molecule has 0 N–H and O–H groups in total. The topological polar surface area (TPSA) is 0 Å². The highest BCUT2D eigenvalue weighted by atomic mass is 28.3. The first-order valence-electron chi connectivity index (χ1n) is 8.74. The van der Waals surface area contributed by atoms with Crippen molar-refractivity contribution in [2.75, 3.05) is 0 Å². The Labute approximate surface area is 133 Å². The Bertz CT molecular complexity index is 383. The third-order valence-corrected chi connectivity index (χ3v) is 6.26. The predicted octanol–water partition coefficient (Wildman–Crippen LogP) is 6.08. The van der Waals surface area contributed by atoms with Crippen molar-refractivity contribution in [1.82, 2.24) is 0 Å². The number of hydrogen-bond acceptors (Lipinski definition) is 0. The van der Waals surface area contributed by atoms with Gasteiger partial charge in [-0.25, -0.2) is 0 Å². The zero-order valence-electron chi connectivity index (χ0n) is 14.5. The van der Waals surface area contributed by atoms with Gasteiger partial charge in [0, 0.05) is 0 Å². The highest BCUT2D eigenvalue weighted by Crippen LogP contribution is 2.12. The van der Waals surface area contributed by atoms with E-state index in [1.807, 2.05) is 6.08 Å². The fourth-order valence-corrected chi connectivity index (χ4v) is 3.84. The fraction of sp³-hybridized carbons (Fsp3) is 0.600. The third kappa shape index (κ3) is 8.26. The van der Waals surface area contributed by atoms with Crippen LogP contribution in [0.1, 0.15) is 56.9 Å². The van der Waals surface area contributed by atoms with Crippen molar-refractivity contribution < 1.29 is 0 Å². The van der Waals surface area contributed by atoms with Gasteiger partial charge in [0.05, 0.1) is 8.07 Å². The third-order valence-electron chi connectivity index (χ3n) is 4.19. The predicted molar refractivity (Wildman–Crippen MR) is 100 cm³/mol. The standard InChI is InChI=1S/C20H34Si/c1-5-6-7-8-9-10-11-12-13-14-19-15-17-20(18-16-19)21(2,3)4/h5,15-18H,1,6-14H2,2-4H3. The first kappa shape index (κ1) is 18.2. The van der Waals surface area contributed by atoms with Crippen LogP contribution in [0.3, 0.4) is 0 Å². The molecule has 1 heteroatoms. The molecule has 0 aliphatic heterocycles. The molecule has 0 aromatic heterocycles. The average Bonchev–Trinajstić information content (AvgIpc) is 2.45. The molecule has 0 saturated carbocycles. The minimum absolute atomic E-state index is 1.13. The van der Waals surface area contributed by atoms with Gasteiger partial charge in [0.25, 0.3) is 0 Å². The summed E-state index contributed by atoms with van der Waals surface area (Å²) >= 11 is 0. The number of allylic oxidation sites excluding steroid dienone is 1. The molecule has 21 heavy (non-hydrogen) atoms. The number of unbranched alkanes of at least 4 members (excludes halogenated alkanes) is 7. The van der Waals surface area contributed by atoms with Gasteiger partial charge in [-0.15, -0.1) is 6.58 Å². The molecule has 0 unspecified atom stereocenters. The van der Waals surface area contributed by atoms with Crippen LogP contribution in [0.4, 0.5) is 0 Å². The summed E-state index contributed by atoms with van der Waals surface area (Å²) in [7, 11) is -1.13. The number of benzene rings is 1. The Kier molecular flexibility index (Phi) is 8.68. The van der Waals surface area contributed by atoms with Gasteiger partial charge in [-0.2, -0.15) is 0 Å². The van der Waals surface area contributed by atoms with Crippen LogP contribution in [0, 0.1) is 0 Å². The summed E-state index contributed by atoms with van der Waals surface area (Å²) < 4.78 is 0. The molecule has 0 amide bonds. The van der Waals surface area contributed by atoms with E-state index < -0.39 is 8.07 Å². The molecule has 0 bridgehead atoms. The molecule has 1 aromatic carbocycles. The van der Waals surface area contributed by atoms with Crippen LogP contribution in [0.5, 0.6) is 0 Å². The van der Waals surface area contributed by atoms with Crippen LogP contribution >= 0.6 is 0 Å². The lowest BCUT2D eigenvalue weighted by Crippen LogP contribution is -2.37. The van der Waals surface area contributed by atoms with Crippen LogP contribution in [0.15, 0.2) is 36.9 Å². The molecule has 0 saturated heterocycles. The van der Waals surface area contributed by atoms with Gasteiger partial charge in [0.2, 0.25) is 0 Å². The Hall–Kier alpha value is -0.823. The summed E-state index contributed by atoms with van der Waals surface area (Å²) in [5, 5.41) is 1.57. The van der Waals surface area contributed by atoms with E-state index in [1.54, 1.807) is 5.19 Å². The minimum Gasteiger partial charge on any atom is -0.103 e. The van der Waals surface area contributed by atoms with Crippen LogP contribution in [0.2, 0.25) is 19.6 Å². The van der Waals surface area contributed by atoms with E-state index in [0.29, 0.717) is 0 Å². The SMILES string of the molecule is C=CCCCCCCCCCc1ccc([Si](C)(C)C)cc1. The molecule has 0 aliphatic carbocycles. The van der Waals surface area contributed by atoms with Crippen molar-refractivity contribution in [2.45, 2.75) is 77.4 Å². The molecular formula is C20H34Si. The van der Waals surface area contributed by atoms with Gasteiger partial charge >= 0.3 is 0 Å². The summed E-state index contributed by atoms with van der Waals surface area (Å²) in [6.45, 7) is 11.0. The number of rotatable bonds is 11. The van der Waals surface area contributed by atoms with Crippen molar-refractivity contribution in [1.29, 1.82) is 0 Å². The lowest BCUT2D eigenvalue weighted by Gasteiger charge is -2.16. The molecule has 0 spiro atoms. The number of aryl methyl sites for hydroxylation is 1. The lowest BCUT2D eigenvalue weighted by molar-refractivity contribution is 0.581. The average molecular weight is 303 g/mol. The molecule has 0 heterocycles. The maximum Gasteiger partial charge on any atom is 0.0775 e. The second-order valence-corrected chi connectivity index (χ2v) is 12.3. The van der Waals surface area contributed by atoms with Crippen molar-refractivity contribution in [2.24, 2.45) is 0 Å². The molecule has 0 fully saturated rings. The quantitative estimate of drug-likeness (QED) is 0.264. The first-order chi connectivity index (χ1) is 10.0. The monoisotopic (exact) mass is 302 g/mol. The second-order valence-electron chi connectivity index (χ2n) is 7.25. The zero-order valence-corrected chi connectivity index (χ0v) is 15.5. The van der Waals surface area contributed by atoms with E-state index in [0.717, 1.165) is 0 Å². The van der Waals surface area contributed by atoms with Crippen LogP contribution in [0.25, 0.3) is 0 Å². The summed E-state index contributed by atoms with van der Waals surface area (Å²) in [4.78, 5) is 0. The van der Waals surface area contributed by atoms with Gasteiger partial charge in [0.15, 0.2) is 0 Å². The fourth-order valence-electron chi connectivity index (χ4n) is 2.67. The first-order valence-corrected chi connectivity index (χ1v) is 12.2. The molecule has 0 nitrogen and oxygen atoms in total. The Morgan fingerprint density at radius 2 is 1.33 bits per heavy atom. The van der Waals surface area contributed by atoms with Crippen molar-refractivity contribution in [3.63, 3.8) is 0 Å². The Balaban J connectivity index is 2.09. The molecule has 0 atom stereocenters. The summed E-state index contributed by atoms with van der Waals surface area (Å²) in [5.74, 6) is 0. The van der Waals surface area contributed by atoms with Crippen molar-refractivity contribution >= 4 is 13.3 Å². The van der Waals surface area contributed by atoms with E-state index in [1.165, 1.54) is 63.4 Å². The van der Waals surface area contributed by atoms with Gasteiger partial charge in [-0.05, 0) is 31.2 Å². The maximum atomic E-state index is 3.77. The zero-order chi connectivity index (χ0) is 15.6. The van der Waals surface area contributed by atoms with Gasteiger partial charge in [-0.3, -0.25) is 0 Å². The molecule has 0 radical (unpaired) electrons. The highest BCUT2D eigenvalue weighted by Gasteiger charge is 2.15. The maximum absolute atomic E-state index is 3.77. The summed E-state index contributed by atoms with van der Waals surface area (Å²) in [6.07, 6.45) is 14.1. The molecular weight excluding hydrogens is 268 g/mol. The van der Waals surface area contributed by atoms with E-state index in [2.05, 4.69) is 50.5 Å². The minimum atomic E-state index is -1.13. The van der Waals surface area contributed by atoms with E-state index in [9.17, 15) is 0 Å². The van der Waals surface area contributed by atoms with Crippen LogP contribution in [-0.4, -0.2) is 8.07 Å². The summed E-state index contributed by atoms with van der Waals surface area (Å²) in [5.41, 5.74) is 1.52. The lowest BCUT2D eigenvalue weighted by atomic mass is 10.0. The Morgan fingerprint density at radius 1 is 0.810 bits per heavy atom. The summed E-state index contributed by atoms with van der Waals surface area (Å²) in [6, 6.07) is 9.42. The van der Waals surface area contributed by atoms with Crippen molar-refractivity contribution in [3.8, 4) is 0 Å². The van der Waals surface area contributed by atoms with Crippen LogP contribution < -0.4 is 5.19 Å². The van der Waals surface area contributed by atoms with E-state index in [-0.39, 0.29) is 0 Å². The Morgan fingerprint density at radius 3 is 1.86 bits per heavy atom. The molecule has 0 aliphatic rings. The van der Waals surface area contributed by atoms with E-state index in [4.69, 9.17) is 0 Å². The number of hydrogen-bond donors (Lipinski definition) is 0. The van der Waals surface area contributed by atoms with Gasteiger partial charge in [-0.1, -0.05) is 87.3 Å². The second kappa shape index (κ2) is 10.00. The molecule has 1 aromatic rings. The van der Waals surface area contributed by atoms with Crippen LogP contribution in [-0.2, 0) is 6.42 Å². The highest BCUT2D eigenvalue weighted by molar-refractivity contribution is 6.88. The normalized spacial score (nSPS) is 11.6. The van der Waals surface area contributed by atoms with E-state index >= 15 is 0 Å². The smallest absolute Gasteiger partial charge is 0.0775 e. The van der Waals surface area contributed by atoms with Gasteiger partial charge in [0.1, 0.15) is 0 Å². The molecule has 118 valence electrons. The largest absolute Gasteiger partial charge is 0.103 e. The molecule has 1 rings (SSSR count). The van der Waals surface area contributed by atoms with Gasteiger partial charge < -0.3 is 0 Å². The van der Waals surface area contributed by atoms with Crippen molar-refractivity contribution in [3.05, 3.63) is 42.5 Å².